The van der Waals surface area contributed by atoms with E-state index in [-0.39, 0.29) is 13.2 Å². The molecule has 26 heavy (non-hydrogen) atoms. The molecule has 0 saturated heterocycles. The van der Waals surface area contributed by atoms with E-state index in [2.05, 4.69) is 10.1 Å². The Bertz CT molecular complexity index is 836. The number of hydrogen-bond donors (Lipinski definition) is 1. The molecule has 0 fully saturated rings. The van der Waals surface area contributed by atoms with Gasteiger partial charge in [0, 0.05) is 17.6 Å². The number of aliphatic hydroxyl groups is 1. The summed E-state index contributed by atoms with van der Waals surface area (Å²) in [5.41, 5.74) is 1.79. The molecule has 0 aliphatic rings. The van der Waals surface area contributed by atoms with Crippen molar-refractivity contribution in [3.05, 3.63) is 65.4 Å². The van der Waals surface area contributed by atoms with Crippen LogP contribution in [0.4, 0.5) is 0 Å². The molecular formula is C19H20ClN3O3. The zero-order valence-electron chi connectivity index (χ0n) is 14.4. The summed E-state index contributed by atoms with van der Waals surface area (Å²) in [6.45, 7) is 0.660. The maximum atomic E-state index is 9.99. The van der Waals surface area contributed by atoms with Gasteiger partial charge in [-0.2, -0.15) is 5.10 Å². The molecule has 3 aromatic rings. The first-order chi connectivity index (χ1) is 12.6. The van der Waals surface area contributed by atoms with Gasteiger partial charge < -0.3 is 14.6 Å². The van der Waals surface area contributed by atoms with E-state index in [1.807, 2.05) is 55.6 Å². The third kappa shape index (κ3) is 5.05. The average Bonchev–Trinajstić information content (AvgIpc) is 3.08. The molecule has 0 spiro atoms. The number of rotatable bonds is 8. The largest absolute Gasteiger partial charge is 0.491 e. The number of aliphatic hydroxyl groups excluding tert-OH is 1. The van der Waals surface area contributed by atoms with Crippen LogP contribution in [0.1, 0.15) is 5.56 Å². The zero-order chi connectivity index (χ0) is 18.4. The van der Waals surface area contributed by atoms with Crippen molar-refractivity contribution in [3.63, 3.8) is 0 Å². The van der Waals surface area contributed by atoms with Gasteiger partial charge in [-0.1, -0.05) is 29.8 Å². The number of halogens is 1. The van der Waals surface area contributed by atoms with Gasteiger partial charge in [0.2, 0.25) is 0 Å². The third-order valence-corrected chi connectivity index (χ3v) is 4.05. The number of aromatic nitrogens is 3. The first kappa shape index (κ1) is 18.4. The van der Waals surface area contributed by atoms with E-state index in [0.29, 0.717) is 23.2 Å². The van der Waals surface area contributed by atoms with Gasteiger partial charge in [-0.3, -0.25) is 4.68 Å². The second kappa shape index (κ2) is 8.80. The zero-order valence-corrected chi connectivity index (χ0v) is 15.1. The van der Waals surface area contributed by atoms with Crippen LogP contribution in [0.3, 0.4) is 0 Å². The molecule has 6 nitrogen and oxygen atoms in total. The minimum Gasteiger partial charge on any atom is -0.491 e. The van der Waals surface area contributed by atoms with E-state index in [0.717, 1.165) is 11.1 Å². The van der Waals surface area contributed by atoms with Gasteiger partial charge in [-0.25, -0.2) is 4.98 Å². The average molecular weight is 374 g/mol. The minimum atomic E-state index is -0.727. The quantitative estimate of drug-likeness (QED) is 0.657. The summed E-state index contributed by atoms with van der Waals surface area (Å²) in [6.07, 6.45) is 0.924. The molecule has 0 aliphatic carbocycles. The summed E-state index contributed by atoms with van der Waals surface area (Å²) in [7, 11) is 1.82. The monoisotopic (exact) mass is 373 g/mol. The summed E-state index contributed by atoms with van der Waals surface area (Å²) in [6, 6.07) is 14.9. The molecule has 7 heteroatoms. The second-order valence-electron chi connectivity index (χ2n) is 5.84. The van der Waals surface area contributed by atoms with Crippen molar-refractivity contribution in [2.75, 3.05) is 13.2 Å². The fourth-order valence-corrected chi connectivity index (χ4v) is 2.52. The van der Waals surface area contributed by atoms with Crippen molar-refractivity contribution in [2.24, 2.45) is 7.05 Å². The van der Waals surface area contributed by atoms with Gasteiger partial charge in [0.05, 0.1) is 13.2 Å². The lowest BCUT2D eigenvalue weighted by Crippen LogP contribution is -2.23. The number of benzene rings is 2. The van der Waals surface area contributed by atoms with Crippen molar-refractivity contribution < 1.29 is 14.6 Å². The number of ether oxygens (including phenoxy) is 2. The molecule has 1 unspecified atom stereocenters. The van der Waals surface area contributed by atoms with Gasteiger partial charge in [-0.15, -0.1) is 0 Å². The normalized spacial score (nSPS) is 12.1. The van der Waals surface area contributed by atoms with E-state index in [4.69, 9.17) is 21.1 Å². The van der Waals surface area contributed by atoms with Crippen molar-refractivity contribution in [2.45, 2.75) is 12.7 Å². The van der Waals surface area contributed by atoms with Gasteiger partial charge >= 0.3 is 0 Å². The van der Waals surface area contributed by atoms with Gasteiger partial charge in [-0.05, 0) is 35.9 Å². The van der Waals surface area contributed by atoms with E-state index >= 15 is 0 Å². The smallest absolute Gasteiger partial charge is 0.181 e. The van der Waals surface area contributed by atoms with Crippen LogP contribution in [0.2, 0.25) is 5.02 Å². The van der Waals surface area contributed by atoms with Crippen LogP contribution in [0.25, 0.3) is 11.4 Å². The first-order valence-corrected chi connectivity index (χ1v) is 8.57. The fraction of sp³-hybridized carbons (Fsp3) is 0.263. The molecule has 2 aromatic carbocycles. The van der Waals surface area contributed by atoms with Crippen molar-refractivity contribution in [1.29, 1.82) is 0 Å². The lowest BCUT2D eigenvalue weighted by atomic mass is 10.2. The Balaban J connectivity index is 1.43. The molecule has 136 valence electrons. The highest BCUT2D eigenvalue weighted by atomic mass is 35.5. The van der Waals surface area contributed by atoms with Crippen LogP contribution >= 0.6 is 11.6 Å². The Kier molecular flexibility index (Phi) is 6.22. The fourth-order valence-electron chi connectivity index (χ4n) is 2.33. The van der Waals surface area contributed by atoms with Crippen LogP contribution in [-0.2, 0) is 18.4 Å². The van der Waals surface area contributed by atoms with Crippen LogP contribution in [0, 0.1) is 0 Å². The maximum Gasteiger partial charge on any atom is 0.181 e. The summed E-state index contributed by atoms with van der Waals surface area (Å²) >= 11 is 6.06. The molecule has 0 amide bonds. The lowest BCUT2D eigenvalue weighted by molar-refractivity contribution is 0.00551. The van der Waals surface area contributed by atoms with Crippen molar-refractivity contribution in [3.8, 4) is 17.1 Å². The molecular weight excluding hydrogens is 354 g/mol. The third-order valence-electron chi connectivity index (χ3n) is 3.68. The predicted molar refractivity (Wildman–Crippen MR) is 99.0 cm³/mol. The topological polar surface area (TPSA) is 69.4 Å². The minimum absolute atomic E-state index is 0.143. The van der Waals surface area contributed by atoms with Crippen LogP contribution in [0.15, 0.2) is 54.9 Å². The van der Waals surface area contributed by atoms with Gasteiger partial charge in [0.25, 0.3) is 0 Å². The summed E-state index contributed by atoms with van der Waals surface area (Å²) in [4.78, 5) is 4.20. The standard InChI is InChI=1S/C19H20ClN3O3/c1-23-13-21-19(22-23)14-6-8-17(9-7-14)26-12-16(24)11-25-10-15-4-2-3-5-18(15)20/h2-9,13,16,24H,10-12H2,1H3. The van der Waals surface area contributed by atoms with Crippen LogP contribution in [0.5, 0.6) is 5.75 Å². The molecule has 1 aromatic heterocycles. The molecule has 0 saturated carbocycles. The summed E-state index contributed by atoms with van der Waals surface area (Å²) < 4.78 is 12.7. The SMILES string of the molecule is Cn1cnc(-c2ccc(OCC(O)COCc3ccccc3Cl)cc2)n1. The highest BCUT2D eigenvalue weighted by molar-refractivity contribution is 6.31. The molecule has 1 N–H and O–H groups in total. The number of hydrogen-bond acceptors (Lipinski definition) is 5. The maximum absolute atomic E-state index is 9.99. The van der Waals surface area contributed by atoms with E-state index < -0.39 is 6.10 Å². The molecule has 1 atom stereocenters. The predicted octanol–water partition coefficient (Wildman–Crippen LogP) is 3.09. The van der Waals surface area contributed by atoms with E-state index in [1.165, 1.54) is 0 Å². The Labute approximate surface area is 157 Å². The van der Waals surface area contributed by atoms with E-state index in [1.54, 1.807) is 11.0 Å². The highest BCUT2D eigenvalue weighted by Gasteiger charge is 2.08. The Morgan fingerprint density at radius 1 is 1.12 bits per heavy atom. The molecule has 0 radical (unpaired) electrons. The van der Waals surface area contributed by atoms with Crippen LogP contribution in [-0.4, -0.2) is 39.2 Å². The van der Waals surface area contributed by atoms with E-state index in [9.17, 15) is 5.11 Å². The Morgan fingerprint density at radius 3 is 2.58 bits per heavy atom. The first-order valence-electron chi connectivity index (χ1n) is 8.20. The molecule has 1 heterocycles. The van der Waals surface area contributed by atoms with Gasteiger partial charge in [0.1, 0.15) is 24.8 Å². The Morgan fingerprint density at radius 2 is 1.88 bits per heavy atom. The lowest BCUT2D eigenvalue weighted by Gasteiger charge is -2.13. The molecule has 0 bridgehead atoms. The number of aryl methyl sites for hydroxylation is 1. The van der Waals surface area contributed by atoms with Gasteiger partial charge in [0.15, 0.2) is 5.82 Å². The van der Waals surface area contributed by atoms with Crippen LogP contribution < -0.4 is 4.74 Å². The van der Waals surface area contributed by atoms with Crippen molar-refractivity contribution in [1.82, 2.24) is 14.8 Å². The number of nitrogens with zero attached hydrogens (tertiary/aromatic N) is 3. The molecule has 0 aliphatic heterocycles. The summed E-state index contributed by atoms with van der Waals surface area (Å²) in [5, 5.41) is 14.9. The highest BCUT2D eigenvalue weighted by Crippen LogP contribution is 2.19. The summed E-state index contributed by atoms with van der Waals surface area (Å²) in [5.74, 6) is 1.32. The van der Waals surface area contributed by atoms with Crippen molar-refractivity contribution >= 4 is 11.6 Å². The second-order valence-corrected chi connectivity index (χ2v) is 6.24. The Hall–Kier alpha value is -2.41. The molecule has 3 rings (SSSR count).